The Kier molecular flexibility index (Phi) is 4.84. The fourth-order valence-corrected chi connectivity index (χ4v) is 2.90. The van der Waals surface area contributed by atoms with Crippen molar-refractivity contribution in [3.05, 3.63) is 53.6 Å². The van der Waals surface area contributed by atoms with Gasteiger partial charge in [0.25, 0.3) is 11.8 Å². The summed E-state index contributed by atoms with van der Waals surface area (Å²) in [5.74, 6) is -1.05. The Morgan fingerprint density at radius 2 is 1.63 bits per heavy atom. The Hall–Kier alpha value is -4.28. The molecule has 0 atom stereocenters. The van der Waals surface area contributed by atoms with Crippen LogP contribution in [-0.4, -0.2) is 57.3 Å². The molecule has 0 radical (unpaired) electrons. The van der Waals surface area contributed by atoms with E-state index in [-0.39, 0.29) is 17.0 Å². The van der Waals surface area contributed by atoms with Crippen molar-refractivity contribution in [1.82, 2.24) is 25.3 Å². The van der Waals surface area contributed by atoms with E-state index in [2.05, 4.69) is 15.4 Å². The smallest absolute Gasteiger partial charge is 0.356 e. The van der Waals surface area contributed by atoms with Gasteiger partial charge in [-0.05, 0) is 35.5 Å². The first-order valence-corrected chi connectivity index (χ1v) is 8.70. The van der Waals surface area contributed by atoms with Gasteiger partial charge in [-0.15, -0.1) is 10.2 Å². The van der Waals surface area contributed by atoms with Gasteiger partial charge in [-0.1, -0.05) is 17.2 Å². The van der Waals surface area contributed by atoms with Crippen LogP contribution in [0.15, 0.2) is 42.5 Å². The average Bonchev–Trinajstić information content (AvgIpc) is 3.32. The van der Waals surface area contributed by atoms with Gasteiger partial charge in [-0.2, -0.15) is 4.80 Å². The number of rotatable bonds is 6. The molecule has 30 heavy (non-hydrogen) atoms. The van der Waals surface area contributed by atoms with E-state index in [1.165, 1.54) is 26.4 Å². The Bertz CT molecular complexity index is 1120. The van der Waals surface area contributed by atoms with Crippen molar-refractivity contribution in [2.24, 2.45) is 0 Å². The van der Waals surface area contributed by atoms with Crippen LogP contribution in [0.2, 0.25) is 0 Å². The number of hydrogen-bond acceptors (Lipinski definition) is 9. The zero-order valence-electron chi connectivity index (χ0n) is 15.9. The Labute approximate surface area is 169 Å². The van der Waals surface area contributed by atoms with Crippen LogP contribution < -0.4 is 9.47 Å². The minimum absolute atomic E-state index is 0.171. The highest BCUT2D eigenvalue weighted by Gasteiger charge is 2.38. The molecular weight excluding hydrogens is 394 g/mol. The van der Waals surface area contributed by atoms with Crippen LogP contribution in [-0.2, 0) is 16.2 Å². The van der Waals surface area contributed by atoms with Crippen molar-refractivity contribution in [3.8, 4) is 22.9 Å². The van der Waals surface area contributed by atoms with Gasteiger partial charge < -0.3 is 14.3 Å². The van der Waals surface area contributed by atoms with Crippen molar-refractivity contribution in [3.63, 3.8) is 0 Å². The van der Waals surface area contributed by atoms with Crippen molar-refractivity contribution < 1.29 is 28.7 Å². The summed E-state index contributed by atoms with van der Waals surface area (Å²) in [6.07, 6.45) is 0. The lowest BCUT2D eigenvalue weighted by atomic mass is 10.1. The molecule has 0 aliphatic carbocycles. The third kappa shape index (κ3) is 3.32. The highest BCUT2D eigenvalue weighted by Crippen LogP contribution is 2.30. The molecule has 2 heterocycles. The first-order chi connectivity index (χ1) is 14.5. The van der Waals surface area contributed by atoms with Gasteiger partial charge in [0.15, 0.2) is 18.0 Å². The highest BCUT2D eigenvalue weighted by molar-refractivity contribution is 6.20. The fraction of sp³-hybridized carbons (Fsp3) is 0.158. The van der Waals surface area contributed by atoms with Gasteiger partial charge in [-0.3, -0.25) is 9.59 Å². The summed E-state index contributed by atoms with van der Waals surface area (Å²) >= 11 is 0. The number of tetrazole rings is 1. The lowest BCUT2D eigenvalue weighted by Gasteiger charge is -2.12. The van der Waals surface area contributed by atoms with E-state index >= 15 is 0 Å². The molecule has 152 valence electrons. The molecule has 0 fully saturated rings. The first-order valence-electron chi connectivity index (χ1n) is 8.70. The lowest BCUT2D eigenvalue weighted by Crippen LogP contribution is -2.34. The number of carbonyl (C=O) groups is 3. The molecule has 0 bridgehead atoms. The molecule has 11 nitrogen and oxygen atoms in total. The van der Waals surface area contributed by atoms with Crippen LogP contribution in [0.3, 0.4) is 0 Å². The molecule has 0 unspecified atom stereocenters. The summed E-state index contributed by atoms with van der Waals surface area (Å²) in [6, 6.07) is 11.3. The second-order valence-corrected chi connectivity index (χ2v) is 6.13. The molecule has 11 heteroatoms. The third-order valence-corrected chi connectivity index (χ3v) is 4.32. The summed E-state index contributed by atoms with van der Waals surface area (Å²) in [6.45, 7) is -0.451. The summed E-state index contributed by atoms with van der Waals surface area (Å²) in [7, 11) is 3.02. The van der Waals surface area contributed by atoms with Crippen molar-refractivity contribution >= 4 is 17.8 Å². The molecule has 4 rings (SSSR count). The van der Waals surface area contributed by atoms with E-state index in [4.69, 9.17) is 14.3 Å². The molecule has 1 aliphatic rings. The normalized spacial score (nSPS) is 12.7. The minimum Gasteiger partial charge on any atom is -0.493 e. The lowest BCUT2D eigenvalue weighted by molar-refractivity contribution is -0.169. The minimum atomic E-state index is -0.902. The number of ether oxygens (including phenoxy) is 2. The maximum absolute atomic E-state index is 12.3. The van der Waals surface area contributed by atoms with Crippen molar-refractivity contribution in [2.45, 2.75) is 6.54 Å². The Balaban J connectivity index is 1.45. The molecule has 2 aromatic carbocycles. The predicted octanol–water partition coefficient (Wildman–Crippen LogP) is 1.11. The van der Waals surface area contributed by atoms with Crippen LogP contribution in [0.5, 0.6) is 11.5 Å². The van der Waals surface area contributed by atoms with E-state index in [9.17, 15) is 14.4 Å². The molecule has 0 spiro atoms. The van der Waals surface area contributed by atoms with Gasteiger partial charge >= 0.3 is 5.97 Å². The number of methoxy groups -OCH3 is 2. The van der Waals surface area contributed by atoms with E-state index in [0.717, 1.165) is 4.80 Å². The van der Waals surface area contributed by atoms with Crippen LogP contribution in [0.1, 0.15) is 20.7 Å². The number of hydrogen-bond donors (Lipinski definition) is 0. The Morgan fingerprint density at radius 1 is 0.967 bits per heavy atom. The second kappa shape index (κ2) is 7.62. The van der Waals surface area contributed by atoms with Crippen molar-refractivity contribution in [2.75, 3.05) is 14.2 Å². The number of fused-ring (bicyclic) bond motifs is 1. The molecule has 1 aromatic heterocycles. The van der Waals surface area contributed by atoms with E-state index in [0.29, 0.717) is 22.1 Å². The topological polar surface area (TPSA) is 126 Å². The van der Waals surface area contributed by atoms with Gasteiger partial charge in [0.2, 0.25) is 5.82 Å². The average molecular weight is 409 g/mol. The number of benzene rings is 2. The van der Waals surface area contributed by atoms with E-state index in [1.807, 2.05) is 0 Å². The van der Waals surface area contributed by atoms with Gasteiger partial charge in [0.05, 0.1) is 25.3 Å². The zero-order chi connectivity index (χ0) is 21.3. The van der Waals surface area contributed by atoms with Crippen LogP contribution in [0, 0.1) is 0 Å². The third-order valence-electron chi connectivity index (χ3n) is 4.32. The fourth-order valence-electron chi connectivity index (χ4n) is 2.90. The van der Waals surface area contributed by atoms with Gasteiger partial charge in [-0.25, -0.2) is 4.79 Å². The number of hydroxylamine groups is 2. The number of aromatic nitrogens is 4. The molecule has 3 aromatic rings. The summed E-state index contributed by atoms with van der Waals surface area (Å²) in [5.41, 5.74) is 0.933. The van der Waals surface area contributed by atoms with E-state index in [1.54, 1.807) is 30.3 Å². The molecule has 0 N–H and O–H groups in total. The standard InChI is InChI=1S/C19H15N5O6/c1-28-14-8-7-11(9-15(14)29-2)17-20-22-23(21-17)10-16(25)30-24-18(26)12-5-3-4-6-13(12)19(24)27/h3-9H,10H2,1-2H3. The molecule has 0 saturated heterocycles. The van der Waals surface area contributed by atoms with E-state index < -0.39 is 24.3 Å². The molecular formula is C19H15N5O6. The monoisotopic (exact) mass is 409 g/mol. The number of nitrogens with zero attached hydrogens (tertiary/aromatic N) is 5. The zero-order valence-corrected chi connectivity index (χ0v) is 15.9. The van der Waals surface area contributed by atoms with Gasteiger partial charge in [0.1, 0.15) is 0 Å². The Morgan fingerprint density at radius 3 is 2.27 bits per heavy atom. The largest absolute Gasteiger partial charge is 0.493 e. The molecule has 2 amide bonds. The highest BCUT2D eigenvalue weighted by atomic mass is 16.7. The van der Waals surface area contributed by atoms with Crippen LogP contribution >= 0.6 is 0 Å². The SMILES string of the molecule is COc1ccc(-c2nnn(CC(=O)ON3C(=O)c4ccccc4C3=O)n2)cc1OC. The molecule has 0 saturated carbocycles. The maximum atomic E-state index is 12.3. The summed E-state index contributed by atoms with van der Waals surface area (Å²) in [5, 5.41) is 12.2. The maximum Gasteiger partial charge on any atom is 0.356 e. The van der Waals surface area contributed by atoms with Gasteiger partial charge in [0, 0.05) is 5.56 Å². The number of imide groups is 1. The molecule has 1 aliphatic heterocycles. The van der Waals surface area contributed by atoms with Crippen LogP contribution in [0.4, 0.5) is 0 Å². The first kappa shape index (κ1) is 19.1. The summed E-state index contributed by atoms with van der Waals surface area (Å²) in [4.78, 5) is 42.6. The summed E-state index contributed by atoms with van der Waals surface area (Å²) < 4.78 is 10.4. The second-order valence-electron chi connectivity index (χ2n) is 6.13. The van der Waals surface area contributed by atoms with Crippen LogP contribution in [0.25, 0.3) is 11.4 Å². The van der Waals surface area contributed by atoms with Crippen molar-refractivity contribution in [1.29, 1.82) is 0 Å². The number of carbonyl (C=O) groups excluding carboxylic acids is 3. The number of amides is 2. The predicted molar refractivity (Wildman–Crippen MR) is 99.4 cm³/mol. The quantitative estimate of drug-likeness (QED) is 0.550.